The summed E-state index contributed by atoms with van der Waals surface area (Å²) in [7, 11) is -21.0. The average Bonchev–Trinajstić information content (AvgIpc) is 1.72. The smallest absolute Gasteiger partial charge is 0.263 e. The SMILES string of the molecule is Cc1cc(Nc2nccc(-c3ccc(S(=O)(=O)N4CCCCC4)s3)n2)ccc1O.Cc1ccc(Nc2nccc(-c3ccc(S(=O)(=O)N4CCCCC4)s3)n2)cc1NS(C)(=O)=O.O=S(=O)(Nc1nccs1)c1ccc(Nc2nccc(-c3ccc(S(=O)(=O)N4CCCCC4)s3)n2)cc1.O=S(=O)(c1ccc(-c2ccnc(Nc3ccc(O)cc3)n2)s1)N1CCCCC1. The van der Waals surface area contributed by atoms with Crippen LogP contribution in [0.3, 0.4) is 0 Å². The van der Waals surface area contributed by atoms with Gasteiger partial charge in [-0.05, 0) is 228 Å². The molecule has 4 aliphatic heterocycles. The molecule has 17 rings (SSSR count). The number of phenolic OH excluding ortho intramolecular Hbond substituents is 2. The fraction of sp³-hybridized carbons (Fsp3) is 0.280. The van der Waals surface area contributed by atoms with Gasteiger partial charge in [0.1, 0.15) is 28.3 Å². The largest absolute Gasteiger partial charge is 0.508 e. The Hall–Kier alpha value is -10.4. The van der Waals surface area contributed by atoms with Gasteiger partial charge in [-0.2, -0.15) is 17.2 Å². The van der Waals surface area contributed by atoms with Crippen LogP contribution in [0.1, 0.15) is 88.2 Å². The molecule has 33 nitrogen and oxygen atoms in total. The van der Waals surface area contributed by atoms with Gasteiger partial charge in [-0.25, -0.2) is 95.4 Å². The molecule has 44 heteroatoms. The summed E-state index contributed by atoms with van der Waals surface area (Å²) in [6, 6.07) is 43.8. The number of rotatable bonds is 25. The highest BCUT2D eigenvalue weighted by Gasteiger charge is 2.33. The Labute approximate surface area is 751 Å². The van der Waals surface area contributed by atoms with Crippen molar-refractivity contribution in [2.24, 2.45) is 0 Å². The third-order valence-electron chi connectivity index (χ3n) is 20.0. The molecule has 13 heterocycles. The average molecular weight is 1920 g/mol. The summed E-state index contributed by atoms with van der Waals surface area (Å²) < 4.78 is 164. The summed E-state index contributed by atoms with van der Waals surface area (Å²) in [5.74, 6) is 1.83. The summed E-state index contributed by atoms with van der Waals surface area (Å²) in [6.45, 7) is 8.19. The maximum atomic E-state index is 13.0. The number of sulfonamides is 6. The molecule has 0 bridgehead atoms. The van der Waals surface area contributed by atoms with Gasteiger partial charge in [0, 0.05) is 111 Å². The molecule has 4 fully saturated rings. The third kappa shape index (κ3) is 23.7. The van der Waals surface area contributed by atoms with Crippen LogP contribution in [0.2, 0.25) is 0 Å². The van der Waals surface area contributed by atoms with Gasteiger partial charge in [0.2, 0.25) is 33.8 Å². The number of phenols is 2. The molecule has 126 heavy (non-hydrogen) atoms. The lowest BCUT2D eigenvalue weighted by atomic mass is 10.2. The fourth-order valence-corrected chi connectivity index (χ4v) is 27.7. The monoisotopic (exact) mass is 1920 g/mol. The molecule has 4 aromatic carbocycles. The Morgan fingerprint density at radius 3 is 0.992 bits per heavy atom. The first-order valence-corrected chi connectivity index (χ1v) is 53.2. The van der Waals surface area contributed by atoms with Crippen LogP contribution in [-0.2, 0) is 60.1 Å². The molecule has 8 N–H and O–H groups in total. The molecule has 9 aromatic heterocycles. The minimum Gasteiger partial charge on any atom is -0.508 e. The molecule has 0 aliphatic carbocycles. The van der Waals surface area contributed by atoms with Crippen LogP contribution in [0.5, 0.6) is 11.5 Å². The lowest BCUT2D eigenvalue weighted by Gasteiger charge is -2.25. The van der Waals surface area contributed by atoms with Crippen LogP contribution in [0.15, 0.2) is 216 Å². The highest BCUT2D eigenvalue weighted by atomic mass is 32.3. The number of aryl methyl sites for hydroxylation is 2. The van der Waals surface area contributed by atoms with Crippen molar-refractivity contribution in [3.8, 4) is 53.8 Å². The van der Waals surface area contributed by atoms with Gasteiger partial charge in [0.05, 0.1) is 59.1 Å². The second-order valence-corrected chi connectivity index (χ2v) is 46.6. The second kappa shape index (κ2) is 40.7. The van der Waals surface area contributed by atoms with Crippen molar-refractivity contribution in [3.05, 3.63) is 205 Å². The van der Waals surface area contributed by atoms with Crippen molar-refractivity contribution < 1.29 is 60.7 Å². The highest BCUT2D eigenvalue weighted by Crippen LogP contribution is 2.39. The molecule has 662 valence electrons. The minimum absolute atomic E-state index is 0.0962. The molecule has 0 unspecified atom stereocenters. The molecule has 0 saturated carbocycles. The number of aromatic hydroxyl groups is 2. The number of piperidine rings is 4. The van der Waals surface area contributed by atoms with Crippen LogP contribution in [0, 0.1) is 13.8 Å². The first-order valence-electron chi connectivity index (χ1n) is 39.9. The lowest BCUT2D eigenvalue weighted by molar-refractivity contribution is 0.347. The summed E-state index contributed by atoms with van der Waals surface area (Å²) in [4.78, 5) is 41.9. The van der Waals surface area contributed by atoms with Crippen LogP contribution in [0.4, 0.5) is 57.4 Å². The number of aromatic nitrogens is 9. The zero-order valence-corrected chi connectivity index (χ0v) is 77.2. The third-order valence-corrected chi connectivity index (χ3v) is 36.7. The van der Waals surface area contributed by atoms with E-state index in [1.54, 1.807) is 200 Å². The van der Waals surface area contributed by atoms with Crippen molar-refractivity contribution in [1.82, 2.24) is 62.1 Å². The van der Waals surface area contributed by atoms with Gasteiger partial charge >= 0.3 is 0 Å². The molecular weight excluding hydrogens is 1830 g/mol. The second-order valence-electron chi connectivity index (χ2n) is 29.3. The van der Waals surface area contributed by atoms with Crippen molar-refractivity contribution in [2.75, 3.05) is 89.3 Å². The predicted octanol–water partition coefficient (Wildman–Crippen LogP) is 16.2. The zero-order chi connectivity index (χ0) is 88.8. The van der Waals surface area contributed by atoms with E-state index >= 15 is 0 Å². The first-order chi connectivity index (χ1) is 60.4. The van der Waals surface area contributed by atoms with Gasteiger partial charge in [0.25, 0.3) is 50.1 Å². The van der Waals surface area contributed by atoms with E-state index in [-0.39, 0.29) is 16.4 Å². The molecule has 4 aliphatic rings. The normalized spacial score (nSPS) is 15.3. The van der Waals surface area contributed by atoms with Crippen LogP contribution >= 0.6 is 56.7 Å². The summed E-state index contributed by atoms with van der Waals surface area (Å²) >= 11 is 6.01. The minimum atomic E-state index is -3.75. The maximum absolute atomic E-state index is 13.0. The van der Waals surface area contributed by atoms with E-state index in [2.05, 4.69) is 75.6 Å². The first kappa shape index (κ1) is 91.8. The molecular formula is C82H89N19O14S11. The predicted molar refractivity (Wildman–Crippen MR) is 495 cm³/mol. The number of hydrogen-bond donors (Lipinski definition) is 8. The highest BCUT2D eigenvalue weighted by molar-refractivity contribution is 7.93. The molecule has 0 amide bonds. The summed E-state index contributed by atoms with van der Waals surface area (Å²) in [5, 5.41) is 33.3. The van der Waals surface area contributed by atoms with Crippen LogP contribution in [0.25, 0.3) is 42.3 Å². The summed E-state index contributed by atoms with van der Waals surface area (Å²) in [6.07, 6.45) is 20.5. The van der Waals surface area contributed by atoms with Crippen molar-refractivity contribution in [3.63, 3.8) is 0 Å². The Bertz CT molecular complexity index is 6680. The Morgan fingerprint density at radius 1 is 0.333 bits per heavy atom. The van der Waals surface area contributed by atoms with Gasteiger partial charge in [0.15, 0.2) is 5.13 Å². The van der Waals surface area contributed by atoms with E-state index in [9.17, 15) is 60.7 Å². The van der Waals surface area contributed by atoms with Crippen LogP contribution in [-0.4, -0.2) is 181 Å². The molecule has 0 radical (unpaired) electrons. The standard InChI is InChI=1S/C22H22N6O4S4.C21H25N5O4S3.C20H22N4O3S2.C19H20N4O3S2/c29-35(30,27-22-24-12-15-33-22)17-6-4-16(5-7-17)25-21-23-11-10-18(26-21)19-8-9-20(34-19)36(31,32)28-13-2-1-3-14-28;1-15-6-7-16(14-18(15)25-32(2,27)28)23-21-22-11-10-17(24-21)19-8-9-20(31-19)33(29,30)26-12-4-3-5-13-26;1-14-13-15(5-6-17(14)25)22-20-21-10-9-16(23-20)18-7-8-19(28-18)29(26,27)24-11-3-2-4-12-24;24-15-6-4-14(5-7-15)21-19-20-11-10-16(22-19)17-8-9-18(27-17)28(25,26)23-12-2-1-3-13-23/h4-12,15H,1-3,13-14H2,(H,24,27)(H,23,25,26);6-11,14,25H,3-5,12-13H2,1-2H3,(H,22,23,24);5-10,13,25H,2-4,11-12H2,1H3,(H,21,22,23);4-11,24H,1-3,12-13H2,(H,20,21,22). The number of anilines is 10. The van der Waals surface area contributed by atoms with E-state index in [4.69, 9.17) is 0 Å². The number of benzene rings is 4. The number of thiophene rings is 4. The van der Waals surface area contributed by atoms with E-state index in [1.165, 1.54) is 75.0 Å². The fourth-order valence-electron chi connectivity index (χ4n) is 13.5. The Kier molecular flexibility index (Phi) is 29.6. The van der Waals surface area contributed by atoms with Gasteiger partial charge in [-0.1, -0.05) is 31.7 Å². The van der Waals surface area contributed by atoms with Gasteiger partial charge in [-0.3, -0.25) is 9.44 Å². The number of thiazole rings is 1. The van der Waals surface area contributed by atoms with Crippen molar-refractivity contribution >= 4 is 174 Å². The van der Waals surface area contributed by atoms with Crippen LogP contribution < -0.4 is 30.7 Å². The van der Waals surface area contributed by atoms with E-state index in [0.29, 0.717) is 143 Å². The van der Waals surface area contributed by atoms with Gasteiger partial charge in [-0.15, -0.1) is 56.7 Å². The molecule has 4 saturated heterocycles. The van der Waals surface area contributed by atoms with Gasteiger partial charge < -0.3 is 31.5 Å². The Balaban J connectivity index is 0.000000137. The van der Waals surface area contributed by atoms with E-state index in [1.807, 2.05) is 6.92 Å². The maximum Gasteiger partial charge on any atom is 0.263 e. The number of hydrogen-bond acceptors (Lipinski definition) is 32. The van der Waals surface area contributed by atoms with E-state index in [0.717, 1.165) is 120 Å². The Morgan fingerprint density at radius 2 is 0.659 bits per heavy atom. The van der Waals surface area contributed by atoms with Crippen molar-refractivity contribution in [2.45, 2.75) is 113 Å². The zero-order valence-electron chi connectivity index (χ0n) is 68.2. The lowest BCUT2D eigenvalue weighted by Crippen LogP contribution is -2.35. The molecule has 13 aromatic rings. The topological polar surface area (TPSA) is 446 Å². The van der Waals surface area contributed by atoms with E-state index < -0.39 is 60.1 Å². The number of nitrogens with one attached hydrogen (secondary N) is 6. The summed E-state index contributed by atoms with van der Waals surface area (Å²) in [5.41, 5.74) is 7.20. The number of nitrogens with zero attached hydrogens (tertiary/aromatic N) is 13. The molecule has 0 spiro atoms. The molecule has 0 atom stereocenters. The quantitative estimate of drug-likeness (QED) is 0.0246. The van der Waals surface area contributed by atoms with Crippen molar-refractivity contribution in [1.29, 1.82) is 0 Å².